The molecule has 2 heterocycles. The highest BCUT2D eigenvalue weighted by atomic mass is 16.4. The maximum Gasteiger partial charge on any atom is 0.326 e. The average molecular weight is 236 g/mol. The van der Waals surface area contributed by atoms with Crippen LogP contribution < -0.4 is 4.90 Å². The molecular weight excluding hydrogens is 220 g/mol. The Kier molecular flexibility index (Phi) is 3.21. The SMILES string of the molecule is Cc1nnc(N2CCCCC2C(=O)O)nc1C. The van der Waals surface area contributed by atoms with E-state index >= 15 is 0 Å². The molecule has 1 unspecified atom stereocenters. The van der Waals surface area contributed by atoms with Crippen molar-refractivity contribution in [3.05, 3.63) is 11.4 Å². The van der Waals surface area contributed by atoms with Crippen LogP contribution in [0.25, 0.3) is 0 Å². The molecule has 1 aromatic heterocycles. The van der Waals surface area contributed by atoms with E-state index in [0.717, 1.165) is 24.2 Å². The summed E-state index contributed by atoms with van der Waals surface area (Å²) in [5.74, 6) is -0.383. The zero-order chi connectivity index (χ0) is 12.4. The van der Waals surface area contributed by atoms with E-state index in [9.17, 15) is 9.90 Å². The minimum Gasteiger partial charge on any atom is -0.480 e. The van der Waals surface area contributed by atoms with Crippen molar-refractivity contribution in [1.29, 1.82) is 0 Å². The predicted molar refractivity (Wildman–Crippen MR) is 61.9 cm³/mol. The molecule has 6 nitrogen and oxygen atoms in total. The molecule has 92 valence electrons. The Bertz CT molecular complexity index is 435. The molecule has 1 aromatic rings. The highest BCUT2D eigenvalue weighted by Crippen LogP contribution is 2.21. The Morgan fingerprint density at radius 1 is 1.29 bits per heavy atom. The first-order valence-electron chi connectivity index (χ1n) is 5.77. The van der Waals surface area contributed by atoms with Gasteiger partial charge in [-0.3, -0.25) is 0 Å². The molecule has 1 aliphatic rings. The lowest BCUT2D eigenvalue weighted by molar-refractivity contribution is -0.139. The Balaban J connectivity index is 2.29. The van der Waals surface area contributed by atoms with E-state index in [1.165, 1.54) is 0 Å². The fourth-order valence-corrected chi connectivity index (χ4v) is 1.99. The fraction of sp³-hybridized carbons (Fsp3) is 0.636. The van der Waals surface area contributed by atoms with Gasteiger partial charge in [0.05, 0.1) is 11.4 Å². The van der Waals surface area contributed by atoms with Crippen LogP contribution >= 0.6 is 0 Å². The van der Waals surface area contributed by atoms with Crippen LogP contribution in [-0.4, -0.2) is 38.8 Å². The van der Waals surface area contributed by atoms with E-state index in [-0.39, 0.29) is 0 Å². The van der Waals surface area contributed by atoms with E-state index in [0.29, 0.717) is 18.9 Å². The van der Waals surface area contributed by atoms with E-state index in [4.69, 9.17) is 0 Å². The molecule has 0 saturated carbocycles. The molecule has 1 atom stereocenters. The first-order valence-corrected chi connectivity index (χ1v) is 5.77. The summed E-state index contributed by atoms with van der Waals surface area (Å²) in [7, 11) is 0. The molecular formula is C11H16N4O2. The van der Waals surface area contributed by atoms with Gasteiger partial charge in [0.1, 0.15) is 6.04 Å². The van der Waals surface area contributed by atoms with Crippen molar-refractivity contribution >= 4 is 11.9 Å². The first-order chi connectivity index (χ1) is 8.09. The van der Waals surface area contributed by atoms with Gasteiger partial charge in [0.25, 0.3) is 0 Å². The van der Waals surface area contributed by atoms with Crippen LogP contribution in [0.2, 0.25) is 0 Å². The number of carbonyl (C=O) groups is 1. The number of rotatable bonds is 2. The Morgan fingerprint density at radius 2 is 2.06 bits per heavy atom. The van der Waals surface area contributed by atoms with Gasteiger partial charge in [-0.25, -0.2) is 9.78 Å². The van der Waals surface area contributed by atoms with E-state index in [1.807, 2.05) is 13.8 Å². The highest BCUT2D eigenvalue weighted by Gasteiger charge is 2.30. The number of aliphatic carboxylic acids is 1. The van der Waals surface area contributed by atoms with E-state index in [2.05, 4.69) is 15.2 Å². The maximum absolute atomic E-state index is 11.2. The highest BCUT2D eigenvalue weighted by molar-refractivity contribution is 5.77. The second kappa shape index (κ2) is 4.65. The van der Waals surface area contributed by atoms with Crippen LogP contribution in [0.1, 0.15) is 30.7 Å². The van der Waals surface area contributed by atoms with Gasteiger partial charge in [0, 0.05) is 6.54 Å². The van der Waals surface area contributed by atoms with Gasteiger partial charge < -0.3 is 10.0 Å². The van der Waals surface area contributed by atoms with Crippen molar-refractivity contribution in [2.24, 2.45) is 0 Å². The third kappa shape index (κ3) is 2.35. The summed E-state index contributed by atoms with van der Waals surface area (Å²) in [5.41, 5.74) is 1.57. The van der Waals surface area contributed by atoms with Gasteiger partial charge >= 0.3 is 5.97 Å². The molecule has 1 aliphatic heterocycles. The van der Waals surface area contributed by atoms with Gasteiger partial charge in [-0.15, -0.1) is 5.10 Å². The summed E-state index contributed by atoms with van der Waals surface area (Å²) in [4.78, 5) is 17.2. The van der Waals surface area contributed by atoms with Crippen LogP contribution in [0, 0.1) is 13.8 Å². The average Bonchev–Trinajstić information content (AvgIpc) is 2.32. The molecule has 17 heavy (non-hydrogen) atoms. The second-order valence-corrected chi connectivity index (χ2v) is 4.33. The molecule has 0 spiro atoms. The van der Waals surface area contributed by atoms with Crippen LogP contribution in [0.4, 0.5) is 5.95 Å². The zero-order valence-electron chi connectivity index (χ0n) is 10.1. The smallest absolute Gasteiger partial charge is 0.326 e. The molecule has 1 N–H and O–H groups in total. The first kappa shape index (κ1) is 11.8. The molecule has 0 bridgehead atoms. The van der Waals surface area contributed by atoms with Crippen molar-refractivity contribution in [1.82, 2.24) is 15.2 Å². The molecule has 2 rings (SSSR count). The van der Waals surface area contributed by atoms with Gasteiger partial charge in [0.15, 0.2) is 0 Å². The maximum atomic E-state index is 11.2. The largest absolute Gasteiger partial charge is 0.480 e. The van der Waals surface area contributed by atoms with Gasteiger partial charge in [-0.1, -0.05) is 0 Å². The lowest BCUT2D eigenvalue weighted by Gasteiger charge is -2.32. The van der Waals surface area contributed by atoms with E-state index < -0.39 is 12.0 Å². The normalized spacial score (nSPS) is 20.4. The number of anilines is 1. The second-order valence-electron chi connectivity index (χ2n) is 4.33. The van der Waals surface area contributed by atoms with Crippen LogP contribution in [-0.2, 0) is 4.79 Å². The van der Waals surface area contributed by atoms with Crippen LogP contribution in [0.5, 0.6) is 0 Å². The summed E-state index contributed by atoms with van der Waals surface area (Å²) >= 11 is 0. The van der Waals surface area contributed by atoms with Crippen molar-refractivity contribution in [3.63, 3.8) is 0 Å². The lowest BCUT2D eigenvalue weighted by Crippen LogP contribution is -2.45. The fourth-order valence-electron chi connectivity index (χ4n) is 1.99. The molecule has 6 heteroatoms. The van der Waals surface area contributed by atoms with Crippen molar-refractivity contribution in [2.75, 3.05) is 11.4 Å². The summed E-state index contributed by atoms with van der Waals surface area (Å²) in [6.07, 6.45) is 2.55. The van der Waals surface area contributed by atoms with Gasteiger partial charge in [-0.05, 0) is 33.1 Å². The third-order valence-corrected chi connectivity index (χ3v) is 3.13. The van der Waals surface area contributed by atoms with Gasteiger partial charge in [0.2, 0.25) is 5.95 Å². The van der Waals surface area contributed by atoms with Crippen molar-refractivity contribution < 1.29 is 9.90 Å². The monoisotopic (exact) mass is 236 g/mol. The standard InChI is InChI=1S/C11H16N4O2/c1-7-8(2)13-14-11(12-7)15-6-4-3-5-9(15)10(16)17/h9H,3-6H2,1-2H3,(H,16,17). The molecule has 0 amide bonds. The number of aryl methyl sites for hydroxylation is 2. The Labute approximate surface area is 99.7 Å². The van der Waals surface area contributed by atoms with Crippen molar-refractivity contribution in [3.8, 4) is 0 Å². The number of carboxylic acid groups (broad SMARTS) is 1. The number of piperidine rings is 1. The summed E-state index contributed by atoms with van der Waals surface area (Å²) < 4.78 is 0. The van der Waals surface area contributed by atoms with Crippen LogP contribution in [0.3, 0.4) is 0 Å². The minimum absolute atomic E-state index is 0.431. The lowest BCUT2D eigenvalue weighted by atomic mass is 10.0. The molecule has 1 saturated heterocycles. The van der Waals surface area contributed by atoms with Crippen molar-refractivity contribution in [2.45, 2.75) is 39.2 Å². The van der Waals surface area contributed by atoms with E-state index in [1.54, 1.807) is 4.90 Å². The number of carboxylic acids is 1. The topological polar surface area (TPSA) is 79.2 Å². The quantitative estimate of drug-likeness (QED) is 0.823. The minimum atomic E-state index is -0.813. The Hall–Kier alpha value is -1.72. The predicted octanol–water partition coefficient (Wildman–Crippen LogP) is 0.932. The number of nitrogens with zero attached hydrogens (tertiary/aromatic N) is 4. The number of hydrogen-bond acceptors (Lipinski definition) is 5. The number of hydrogen-bond donors (Lipinski definition) is 1. The molecule has 0 aliphatic carbocycles. The third-order valence-electron chi connectivity index (χ3n) is 3.13. The molecule has 0 aromatic carbocycles. The van der Waals surface area contributed by atoms with Crippen LogP contribution in [0.15, 0.2) is 0 Å². The molecule has 0 radical (unpaired) electrons. The summed E-state index contributed by atoms with van der Waals surface area (Å²) in [6.45, 7) is 4.37. The summed E-state index contributed by atoms with van der Waals surface area (Å²) in [5, 5.41) is 17.2. The summed E-state index contributed by atoms with van der Waals surface area (Å²) in [6, 6.07) is -0.521. The zero-order valence-corrected chi connectivity index (χ0v) is 10.1. The Morgan fingerprint density at radius 3 is 2.71 bits per heavy atom. The molecule has 1 fully saturated rings. The van der Waals surface area contributed by atoms with Gasteiger partial charge in [-0.2, -0.15) is 5.10 Å². The number of aromatic nitrogens is 3.